The van der Waals surface area contributed by atoms with Gasteiger partial charge in [0, 0.05) is 23.9 Å². The van der Waals surface area contributed by atoms with E-state index in [1.165, 1.54) is 0 Å². The maximum Gasteiger partial charge on any atom is 0.200 e. The highest BCUT2D eigenvalue weighted by Crippen LogP contribution is 2.27. The normalized spacial score (nSPS) is 11.4. The quantitative estimate of drug-likeness (QED) is 0.512. The molecular formula is C22H24BN3O2. The van der Waals surface area contributed by atoms with E-state index in [-0.39, 0.29) is 11.2 Å². The van der Waals surface area contributed by atoms with Gasteiger partial charge in [0.25, 0.3) is 0 Å². The van der Waals surface area contributed by atoms with Crippen molar-refractivity contribution in [2.24, 2.45) is 5.41 Å². The van der Waals surface area contributed by atoms with Crippen LogP contribution in [0.15, 0.2) is 47.6 Å². The van der Waals surface area contributed by atoms with Gasteiger partial charge in [0.2, 0.25) is 0 Å². The third kappa shape index (κ3) is 4.27. The average molecular weight is 373 g/mol. The molecule has 0 amide bonds. The van der Waals surface area contributed by atoms with Crippen molar-refractivity contribution >= 4 is 24.8 Å². The van der Waals surface area contributed by atoms with Crippen LogP contribution in [0.4, 0.5) is 0 Å². The van der Waals surface area contributed by atoms with Crippen LogP contribution in [-0.4, -0.2) is 30.3 Å². The molecule has 2 heterocycles. The Bertz CT molecular complexity index is 1010. The van der Waals surface area contributed by atoms with E-state index in [2.05, 4.69) is 42.8 Å². The number of carbonyl (C=O) groups is 1. The number of ketones is 1. The number of hydrogen-bond acceptors (Lipinski definition) is 4. The molecule has 0 saturated carbocycles. The van der Waals surface area contributed by atoms with Crippen molar-refractivity contribution in [1.82, 2.24) is 15.5 Å². The van der Waals surface area contributed by atoms with Crippen LogP contribution >= 0.6 is 0 Å². The standard InChI is InChI=1S/C22H24BN3O2/c1-13(25-12-22(3,4)5)18-10-16(11-24-18)21(27)19-14(2)28-26-20(19)15-6-8-17(23)9-7-15/h6-11,24-25H,1,12H2,2-5H3. The molecule has 0 atom stereocenters. The van der Waals surface area contributed by atoms with Gasteiger partial charge in [0.05, 0.1) is 17.0 Å². The molecule has 0 aliphatic heterocycles. The van der Waals surface area contributed by atoms with Crippen LogP contribution in [0.2, 0.25) is 0 Å². The van der Waals surface area contributed by atoms with Crippen LogP contribution in [0.25, 0.3) is 17.0 Å². The molecule has 5 nitrogen and oxygen atoms in total. The van der Waals surface area contributed by atoms with Gasteiger partial charge in [-0.3, -0.25) is 4.79 Å². The molecule has 28 heavy (non-hydrogen) atoms. The van der Waals surface area contributed by atoms with Gasteiger partial charge in [-0.25, -0.2) is 0 Å². The van der Waals surface area contributed by atoms with Gasteiger partial charge in [0.15, 0.2) is 5.78 Å². The highest BCUT2D eigenvalue weighted by Gasteiger charge is 2.24. The smallest absolute Gasteiger partial charge is 0.200 e. The number of aromatic amines is 1. The fourth-order valence-electron chi connectivity index (χ4n) is 2.79. The summed E-state index contributed by atoms with van der Waals surface area (Å²) in [6.45, 7) is 13.0. The summed E-state index contributed by atoms with van der Waals surface area (Å²) in [4.78, 5) is 16.3. The van der Waals surface area contributed by atoms with E-state index in [1.807, 2.05) is 12.1 Å². The van der Waals surface area contributed by atoms with E-state index < -0.39 is 0 Å². The number of nitrogens with zero attached hydrogens (tertiary/aromatic N) is 1. The van der Waals surface area contributed by atoms with Crippen LogP contribution in [0, 0.1) is 12.3 Å². The number of aryl methyl sites for hydroxylation is 1. The van der Waals surface area contributed by atoms with Crippen molar-refractivity contribution in [3.05, 3.63) is 65.7 Å². The second kappa shape index (κ2) is 7.54. The number of aromatic nitrogens is 2. The van der Waals surface area contributed by atoms with Crippen LogP contribution in [0.1, 0.15) is 48.1 Å². The Labute approximate surface area is 166 Å². The van der Waals surface area contributed by atoms with Gasteiger partial charge >= 0.3 is 0 Å². The third-order valence-corrected chi connectivity index (χ3v) is 4.38. The van der Waals surface area contributed by atoms with E-state index in [4.69, 9.17) is 12.4 Å². The lowest BCUT2D eigenvalue weighted by molar-refractivity contribution is 0.103. The predicted octanol–water partition coefficient (Wildman–Crippen LogP) is 3.61. The molecule has 3 rings (SSSR count). The summed E-state index contributed by atoms with van der Waals surface area (Å²) in [6.07, 6.45) is 1.68. The fourth-order valence-corrected chi connectivity index (χ4v) is 2.79. The zero-order valence-corrected chi connectivity index (χ0v) is 16.7. The molecule has 0 fully saturated rings. The molecule has 2 radical (unpaired) electrons. The Morgan fingerprint density at radius 3 is 2.61 bits per heavy atom. The zero-order chi connectivity index (χ0) is 20.5. The molecule has 2 aromatic heterocycles. The topological polar surface area (TPSA) is 70.9 Å². The monoisotopic (exact) mass is 373 g/mol. The minimum Gasteiger partial charge on any atom is -0.383 e. The number of H-pyrrole nitrogens is 1. The van der Waals surface area contributed by atoms with E-state index in [0.717, 1.165) is 23.5 Å². The second-order valence-electron chi connectivity index (χ2n) is 8.11. The summed E-state index contributed by atoms with van der Waals surface area (Å²) in [5.41, 5.74) is 4.55. The Morgan fingerprint density at radius 1 is 1.29 bits per heavy atom. The van der Waals surface area contributed by atoms with E-state index in [9.17, 15) is 4.79 Å². The summed E-state index contributed by atoms with van der Waals surface area (Å²) in [5, 5.41) is 7.38. The first-order valence-electron chi connectivity index (χ1n) is 9.14. The maximum atomic E-state index is 13.1. The Hall–Kier alpha value is -3.02. The van der Waals surface area contributed by atoms with Crippen molar-refractivity contribution in [2.75, 3.05) is 6.54 Å². The molecule has 0 bridgehead atoms. The largest absolute Gasteiger partial charge is 0.383 e. The molecule has 0 aliphatic carbocycles. The van der Waals surface area contributed by atoms with Gasteiger partial charge in [-0.2, -0.15) is 0 Å². The minimum absolute atomic E-state index is 0.127. The number of benzene rings is 1. The molecule has 0 saturated heterocycles. The van der Waals surface area contributed by atoms with Crippen LogP contribution in [-0.2, 0) is 0 Å². The van der Waals surface area contributed by atoms with E-state index in [0.29, 0.717) is 28.0 Å². The van der Waals surface area contributed by atoms with Crippen molar-refractivity contribution in [2.45, 2.75) is 27.7 Å². The van der Waals surface area contributed by atoms with Crippen molar-refractivity contribution in [3.8, 4) is 11.3 Å². The Balaban J connectivity index is 1.86. The summed E-state index contributed by atoms with van der Waals surface area (Å²) >= 11 is 0. The fraction of sp³-hybridized carbons (Fsp3) is 0.273. The minimum atomic E-state index is -0.156. The molecule has 142 valence electrons. The van der Waals surface area contributed by atoms with Gasteiger partial charge in [0.1, 0.15) is 19.3 Å². The van der Waals surface area contributed by atoms with Crippen LogP contribution in [0.5, 0.6) is 0 Å². The second-order valence-corrected chi connectivity index (χ2v) is 8.11. The highest BCUT2D eigenvalue weighted by atomic mass is 16.5. The first-order chi connectivity index (χ1) is 13.2. The average Bonchev–Trinajstić information content (AvgIpc) is 3.26. The van der Waals surface area contributed by atoms with E-state index in [1.54, 1.807) is 31.3 Å². The van der Waals surface area contributed by atoms with Gasteiger partial charge < -0.3 is 14.8 Å². The molecule has 0 aliphatic rings. The highest BCUT2D eigenvalue weighted by molar-refractivity contribution is 6.32. The Morgan fingerprint density at radius 2 is 1.96 bits per heavy atom. The molecule has 0 spiro atoms. The van der Waals surface area contributed by atoms with Crippen LogP contribution in [0.3, 0.4) is 0 Å². The predicted molar refractivity (Wildman–Crippen MR) is 113 cm³/mol. The molecule has 0 unspecified atom stereocenters. The molecular weight excluding hydrogens is 349 g/mol. The number of hydrogen-bond donors (Lipinski definition) is 2. The summed E-state index contributed by atoms with van der Waals surface area (Å²) in [6, 6.07) is 8.98. The maximum absolute atomic E-state index is 13.1. The van der Waals surface area contributed by atoms with Crippen LogP contribution < -0.4 is 10.8 Å². The van der Waals surface area contributed by atoms with Crippen molar-refractivity contribution in [3.63, 3.8) is 0 Å². The van der Waals surface area contributed by atoms with Gasteiger partial charge in [-0.05, 0) is 18.4 Å². The number of nitrogens with one attached hydrogen (secondary N) is 2. The number of rotatable bonds is 6. The first kappa shape index (κ1) is 19.7. The lowest BCUT2D eigenvalue weighted by Gasteiger charge is -2.20. The first-order valence-corrected chi connectivity index (χ1v) is 9.14. The van der Waals surface area contributed by atoms with E-state index >= 15 is 0 Å². The Kier molecular flexibility index (Phi) is 5.32. The number of carbonyl (C=O) groups excluding carboxylic acids is 1. The summed E-state index contributed by atoms with van der Waals surface area (Å²) in [7, 11) is 5.75. The lowest BCUT2D eigenvalue weighted by atomic mass is 9.93. The van der Waals surface area contributed by atoms with Crippen molar-refractivity contribution in [1.29, 1.82) is 0 Å². The zero-order valence-electron chi connectivity index (χ0n) is 16.7. The molecule has 6 heteroatoms. The van der Waals surface area contributed by atoms with Crippen molar-refractivity contribution < 1.29 is 9.32 Å². The molecule has 1 aromatic carbocycles. The van der Waals surface area contributed by atoms with Gasteiger partial charge in [-0.15, -0.1) is 0 Å². The van der Waals surface area contributed by atoms with Gasteiger partial charge in [-0.1, -0.05) is 62.2 Å². The summed E-state index contributed by atoms with van der Waals surface area (Å²) in [5.74, 6) is 0.320. The molecule has 3 aromatic rings. The molecule has 2 N–H and O–H groups in total. The lowest BCUT2D eigenvalue weighted by Crippen LogP contribution is -2.25. The third-order valence-electron chi connectivity index (χ3n) is 4.38. The summed E-state index contributed by atoms with van der Waals surface area (Å²) < 4.78 is 5.31. The SMILES string of the molecule is [B]c1ccc(-c2noc(C)c2C(=O)c2c[nH]c(C(=C)NCC(C)(C)C)c2)cc1.